The molecule has 0 radical (unpaired) electrons. The topological polar surface area (TPSA) is 44.1 Å². The number of fused-ring (bicyclic) bond motifs is 1. The molecule has 0 saturated heterocycles. The van der Waals surface area contributed by atoms with E-state index in [-0.39, 0.29) is 5.91 Å². The number of para-hydroxylation sites is 2. The number of nitrogens with zero attached hydrogens (tertiary/aromatic N) is 2. The van der Waals surface area contributed by atoms with Crippen molar-refractivity contribution in [2.45, 2.75) is 13.8 Å². The van der Waals surface area contributed by atoms with Gasteiger partial charge in [0.05, 0.1) is 17.6 Å². The molecule has 0 N–H and O–H groups in total. The van der Waals surface area contributed by atoms with Crippen LogP contribution in [0.1, 0.15) is 24.2 Å². The van der Waals surface area contributed by atoms with Crippen molar-refractivity contribution in [2.24, 2.45) is 5.92 Å². The van der Waals surface area contributed by atoms with Gasteiger partial charge in [-0.3, -0.25) is 9.36 Å². The summed E-state index contributed by atoms with van der Waals surface area (Å²) >= 11 is 0. The minimum absolute atomic E-state index is 0.0934. The molecule has 4 heteroatoms. The summed E-state index contributed by atoms with van der Waals surface area (Å²) in [6, 6.07) is 14.8. The van der Waals surface area contributed by atoms with Crippen LogP contribution in [0.15, 0.2) is 54.9 Å². The predicted molar refractivity (Wildman–Crippen MR) is 86.2 cm³/mol. The Bertz CT molecular complexity index is 788. The SMILES string of the molecule is CC(C)COc1ccc(C(=O)n2cnc3ccccc32)cc1. The molecule has 1 heterocycles. The molecule has 0 unspecified atom stereocenters. The molecule has 1 aromatic heterocycles. The average Bonchev–Trinajstić information content (AvgIpc) is 2.97. The third-order valence-electron chi connectivity index (χ3n) is 3.36. The normalized spacial score (nSPS) is 11.0. The molecule has 0 atom stereocenters. The van der Waals surface area contributed by atoms with E-state index in [2.05, 4.69) is 18.8 Å². The monoisotopic (exact) mass is 294 g/mol. The van der Waals surface area contributed by atoms with Crippen LogP contribution in [-0.2, 0) is 0 Å². The zero-order valence-electron chi connectivity index (χ0n) is 12.7. The molecule has 0 amide bonds. The number of carbonyl (C=O) groups excluding carboxylic acids is 1. The average molecular weight is 294 g/mol. The van der Waals surface area contributed by atoms with E-state index >= 15 is 0 Å². The summed E-state index contributed by atoms with van der Waals surface area (Å²) in [5.74, 6) is 1.16. The summed E-state index contributed by atoms with van der Waals surface area (Å²) in [6.45, 7) is 4.86. The highest BCUT2D eigenvalue weighted by atomic mass is 16.5. The number of carbonyl (C=O) groups is 1. The van der Waals surface area contributed by atoms with Crippen molar-refractivity contribution in [3.8, 4) is 5.75 Å². The van der Waals surface area contributed by atoms with Crippen molar-refractivity contribution in [1.82, 2.24) is 9.55 Å². The molecule has 0 aliphatic carbocycles. The van der Waals surface area contributed by atoms with Crippen LogP contribution >= 0.6 is 0 Å². The van der Waals surface area contributed by atoms with E-state index in [1.807, 2.05) is 36.4 Å². The third kappa shape index (κ3) is 2.86. The standard InChI is InChI=1S/C18H18N2O2/c1-13(2)11-22-15-9-7-14(8-10-15)18(21)20-12-19-16-5-3-4-6-17(16)20/h3-10,12-13H,11H2,1-2H3. The summed E-state index contributed by atoms with van der Waals surface area (Å²) in [7, 11) is 0. The van der Waals surface area contributed by atoms with Gasteiger partial charge in [-0.1, -0.05) is 26.0 Å². The Labute approximate surface area is 129 Å². The van der Waals surface area contributed by atoms with E-state index < -0.39 is 0 Å². The maximum atomic E-state index is 12.6. The van der Waals surface area contributed by atoms with Crippen LogP contribution in [0.4, 0.5) is 0 Å². The van der Waals surface area contributed by atoms with Gasteiger partial charge in [-0.25, -0.2) is 4.98 Å². The van der Waals surface area contributed by atoms with E-state index in [1.54, 1.807) is 23.0 Å². The van der Waals surface area contributed by atoms with Gasteiger partial charge in [-0.05, 0) is 42.3 Å². The summed E-state index contributed by atoms with van der Waals surface area (Å²) in [4.78, 5) is 16.8. The fourth-order valence-electron chi connectivity index (χ4n) is 2.22. The molecule has 0 saturated carbocycles. The van der Waals surface area contributed by atoms with Gasteiger partial charge in [-0.15, -0.1) is 0 Å². The molecule has 0 spiro atoms. The Balaban J connectivity index is 1.83. The molecular formula is C18H18N2O2. The molecule has 0 aliphatic rings. The van der Waals surface area contributed by atoms with Gasteiger partial charge in [0.15, 0.2) is 0 Å². The van der Waals surface area contributed by atoms with Crippen molar-refractivity contribution in [3.05, 3.63) is 60.4 Å². The molecule has 22 heavy (non-hydrogen) atoms. The van der Waals surface area contributed by atoms with E-state index in [0.717, 1.165) is 16.8 Å². The first-order valence-corrected chi connectivity index (χ1v) is 7.35. The van der Waals surface area contributed by atoms with Crippen molar-refractivity contribution in [2.75, 3.05) is 6.61 Å². The van der Waals surface area contributed by atoms with Crippen molar-refractivity contribution in [3.63, 3.8) is 0 Å². The maximum absolute atomic E-state index is 12.6. The molecule has 3 rings (SSSR count). The maximum Gasteiger partial charge on any atom is 0.263 e. The van der Waals surface area contributed by atoms with Gasteiger partial charge in [0.1, 0.15) is 12.1 Å². The number of hydrogen-bond acceptors (Lipinski definition) is 3. The molecule has 0 aliphatic heterocycles. The lowest BCUT2D eigenvalue weighted by Gasteiger charge is -2.09. The summed E-state index contributed by atoms with van der Waals surface area (Å²) in [5.41, 5.74) is 2.24. The number of ether oxygens (including phenoxy) is 1. The van der Waals surface area contributed by atoms with Crippen molar-refractivity contribution < 1.29 is 9.53 Å². The lowest BCUT2D eigenvalue weighted by atomic mass is 10.2. The first-order chi connectivity index (χ1) is 10.6. The zero-order chi connectivity index (χ0) is 15.5. The highest BCUT2D eigenvalue weighted by Crippen LogP contribution is 2.17. The lowest BCUT2D eigenvalue weighted by Crippen LogP contribution is -2.10. The predicted octanol–water partition coefficient (Wildman–Crippen LogP) is 3.76. The number of rotatable bonds is 4. The second-order valence-corrected chi connectivity index (χ2v) is 5.64. The van der Waals surface area contributed by atoms with Crippen LogP contribution in [0.25, 0.3) is 11.0 Å². The molecule has 2 aromatic carbocycles. The summed E-state index contributed by atoms with van der Waals surface area (Å²) in [6.07, 6.45) is 1.57. The van der Waals surface area contributed by atoms with Crippen LogP contribution in [0, 0.1) is 5.92 Å². The zero-order valence-corrected chi connectivity index (χ0v) is 12.7. The van der Waals surface area contributed by atoms with E-state index in [1.165, 1.54) is 0 Å². The fourth-order valence-corrected chi connectivity index (χ4v) is 2.22. The van der Waals surface area contributed by atoms with Crippen LogP contribution in [-0.4, -0.2) is 22.1 Å². The molecular weight excluding hydrogens is 276 g/mol. The molecule has 0 bridgehead atoms. The van der Waals surface area contributed by atoms with Crippen LogP contribution in [0.3, 0.4) is 0 Å². The van der Waals surface area contributed by atoms with E-state index in [0.29, 0.717) is 18.1 Å². The van der Waals surface area contributed by atoms with Gasteiger partial charge in [0.2, 0.25) is 0 Å². The minimum Gasteiger partial charge on any atom is -0.493 e. The second kappa shape index (κ2) is 6.02. The summed E-state index contributed by atoms with van der Waals surface area (Å²) in [5, 5.41) is 0. The first kappa shape index (κ1) is 14.3. The van der Waals surface area contributed by atoms with Gasteiger partial charge >= 0.3 is 0 Å². The Morgan fingerprint density at radius 1 is 1.14 bits per heavy atom. The molecule has 3 aromatic rings. The Kier molecular flexibility index (Phi) is 3.92. The molecule has 112 valence electrons. The van der Waals surface area contributed by atoms with Gasteiger partial charge < -0.3 is 4.74 Å². The second-order valence-electron chi connectivity index (χ2n) is 5.64. The summed E-state index contributed by atoms with van der Waals surface area (Å²) < 4.78 is 7.20. The van der Waals surface area contributed by atoms with Crippen LogP contribution < -0.4 is 4.74 Å². The minimum atomic E-state index is -0.0934. The van der Waals surface area contributed by atoms with Gasteiger partial charge in [0, 0.05) is 5.56 Å². The van der Waals surface area contributed by atoms with Crippen molar-refractivity contribution >= 4 is 16.9 Å². The largest absolute Gasteiger partial charge is 0.493 e. The number of aromatic nitrogens is 2. The number of hydrogen-bond donors (Lipinski definition) is 0. The Morgan fingerprint density at radius 3 is 2.59 bits per heavy atom. The third-order valence-corrected chi connectivity index (χ3v) is 3.36. The lowest BCUT2D eigenvalue weighted by molar-refractivity contribution is 0.0964. The van der Waals surface area contributed by atoms with Crippen LogP contribution in [0.5, 0.6) is 5.75 Å². The van der Waals surface area contributed by atoms with E-state index in [4.69, 9.17) is 4.74 Å². The van der Waals surface area contributed by atoms with E-state index in [9.17, 15) is 4.79 Å². The first-order valence-electron chi connectivity index (χ1n) is 7.35. The van der Waals surface area contributed by atoms with Crippen LogP contribution in [0.2, 0.25) is 0 Å². The fraction of sp³-hybridized carbons (Fsp3) is 0.222. The quantitative estimate of drug-likeness (QED) is 0.736. The van der Waals surface area contributed by atoms with Gasteiger partial charge in [0.25, 0.3) is 5.91 Å². The number of imidazole rings is 1. The Hall–Kier alpha value is -2.62. The number of benzene rings is 2. The molecule has 4 nitrogen and oxygen atoms in total. The molecule has 0 fully saturated rings. The smallest absolute Gasteiger partial charge is 0.263 e. The van der Waals surface area contributed by atoms with Gasteiger partial charge in [-0.2, -0.15) is 0 Å². The highest BCUT2D eigenvalue weighted by Gasteiger charge is 2.12. The Morgan fingerprint density at radius 2 is 1.86 bits per heavy atom. The highest BCUT2D eigenvalue weighted by molar-refractivity contribution is 6.01. The van der Waals surface area contributed by atoms with Crippen molar-refractivity contribution in [1.29, 1.82) is 0 Å².